The molecule has 4 heteroatoms. The fraction of sp³-hybridized carbons (Fsp3) is 0.625. The van der Waals surface area contributed by atoms with E-state index in [1.165, 1.54) is 0 Å². The fourth-order valence-corrected chi connectivity index (χ4v) is 3.09. The molecule has 108 valence electrons. The Morgan fingerprint density at radius 1 is 1.40 bits per heavy atom. The smallest absolute Gasteiger partial charge is 0.172 e. The number of fused-ring (bicyclic) bond motifs is 1. The Morgan fingerprint density at radius 2 is 2.15 bits per heavy atom. The average molecular weight is 274 g/mol. The predicted molar refractivity (Wildman–Crippen MR) is 79.0 cm³/mol. The minimum Gasteiger partial charge on any atom is -0.381 e. The van der Waals surface area contributed by atoms with Crippen molar-refractivity contribution >= 4 is 17.3 Å². The molecule has 0 radical (unpaired) electrons. The summed E-state index contributed by atoms with van der Waals surface area (Å²) in [6.07, 6.45) is 5.43. The van der Waals surface area contributed by atoms with Crippen molar-refractivity contribution < 1.29 is 9.53 Å². The van der Waals surface area contributed by atoms with Crippen molar-refractivity contribution in [1.82, 2.24) is 4.57 Å². The number of ketones is 1. The van der Waals surface area contributed by atoms with Crippen LogP contribution >= 0.6 is 0 Å². The lowest BCUT2D eigenvalue weighted by Gasteiger charge is -2.26. The van der Waals surface area contributed by atoms with Crippen LogP contribution in [0.1, 0.15) is 55.9 Å². The Balaban J connectivity index is 1.93. The molecule has 2 aliphatic heterocycles. The Bertz CT molecular complexity index is 537. The molecular formula is C16H22N2O2. The maximum atomic E-state index is 12.3. The summed E-state index contributed by atoms with van der Waals surface area (Å²) in [4.78, 5) is 17.0. The van der Waals surface area contributed by atoms with Crippen LogP contribution in [0, 0.1) is 5.92 Å². The quantitative estimate of drug-likeness (QED) is 0.846. The van der Waals surface area contributed by atoms with Crippen LogP contribution in [0.4, 0.5) is 5.82 Å². The molecule has 4 nitrogen and oxygen atoms in total. The van der Waals surface area contributed by atoms with Gasteiger partial charge in [-0.25, -0.2) is 4.99 Å². The largest absolute Gasteiger partial charge is 0.381 e. The number of nitrogens with zero attached hydrogens (tertiary/aromatic N) is 2. The van der Waals surface area contributed by atoms with Crippen LogP contribution in [0.25, 0.3) is 0 Å². The van der Waals surface area contributed by atoms with Gasteiger partial charge in [0, 0.05) is 37.6 Å². The maximum absolute atomic E-state index is 12.3. The molecule has 0 amide bonds. The number of aromatic nitrogens is 1. The third kappa shape index (κ3) is 2.57. The zero-order chi connectivity index (χ0) is 14.1. The molecule has 0 N–H and O–H groups in total. The first-order valence-electron chi connectivity index (χ1n) is 7.53. The molecule has 1 aromatic rings. The van der Waals surface area contributed by atoms with E-state index < -0.39 is 0 Å². The minimum absolute atomic E-state index is 0.219. The molecule has 20 heavy (non-hydrogen) atoms. The molecule has 1 aromatic heterocycles. The van der Waals surface area contributed by atoms with E-state index in [-0.39, 0.29) is 5.78 Å². The summed E-state index contributed by atoms with van der Waals surface area (Å²) in [5.74, 6) is 1.63. The molecule has 0 unspecified atom stereocenters. The van der Waals surface area contributed by atoms with Crippen LogP contribution in [0.15, 0.2) is 17.3 Å². The van der Waals surface area contributed by atoms with Gasteiger partial charge in [-0.05, 0) is 31.2 Å². The van der Waals surface area contributed by atoms with E-state index >= 15 is 0 Å². The van der Waals surface area contributed by atoms with Gasteiger partial charge in [-0.1, -0.05) is 13.8 Å². The Hall–Kier alpha value is -1.42. The topological polar surface area (TPSA) is 43.6 Å². The number of hydrogen-bond donors (Lipinski definition) is 0. The van der Waals surface area contributed by atoms with Gasteiger partial charge in [-0.3, -0.25) is 4.79 Å². The summed E-state index contributed by atoms with van der Waals surface area (Å²) in [5, 5.41) is 0. The molecule has 0 atom stereocenters. The summed E-state index contributed by atoms with van der Waals surface area (Å²) in [5.41, 5.74) is 1.83. The first-order valence-corrected chi connectivity index (χ1v) is 7.53. The highest BCUT2D eigenvalue weighted by atomic mass is 16.5. The van der Waals surface area contributed by atoms with Gasteiger partial charge in [-0.15, -0.1) is 0 Å². The number of Topliss-reactive ketones (excluding diaryl/α,β-unsaturated/α-hetero) is 1. The SMILES string of the molecule is CC(C)CC1=Nc2c(ccn2C2CCOCC2)C(=O)C1. The van der Waals surface area contributed by atoms with E-state index in [1.54, 1.807) is 0 Å². The molecule has 0 bridgehead atoms. The molecule has 0 aliphatic carbocycles. The zero-order valence-corrected chi connectivity index (χ0v) is 12.3. The number of carbonyl (C=O) groups excluding carboxylic acids is 1. The van der Waals surface area contributed by atoms with Crippen molar-refractivity contribution in [2.24, 2.45) is 10.9 Å². The molecule has 0 aromatic carbocycles. The van der Waals surface area contributed by atoms with Gasteiger partial charge in [0.05, 0.1) is 5.56 Å². The molecule has 0 saturated carbocycles. The number of rotatable bonds is 3. The van der Waals surface area contributed by atoms with Crippen molar-refractivity contribution in [2.75, 3.05) is 13.2 Å². The normalized spacial score (nSPS) is 20.1. The lowest BCUT2D eigenvalue weighted by molar-refractivity contribution is 0.0701. The molecule has 0 spiro atoms. The second kappa shape index (κ2) is 5.52. The van der Waals surface area contributed by atoms with Crippen LogP contribution in [0.3, 0.4) is 0 Å². The summed E-state index contributed by atoms with van der Waals surface area (Å²) in [6.45, 7) is 5.93. The Kier molecular flexibility index (Phi) is 3.74. The predicted octanol–water partition coefficient (Wildman–Crippen LogP) is 3.54. The van der Waals surface area contributed by atoms with Crippen molar-refractivity contribution in [3.63, 3.8) is 0 Å². The van der Waals surface area contributed by atoms with Gasteiger partial charge in [0.1, 0.15) is 5.82 Å². The molecular weight excluding hydrogens is 252 g/mol. The standard InChI is InChI=1S/C16H22N2O2/c1-11(2)9-12-10-15(19)14-3-6-18(16(14)17-12)13-4-7-20-8-5-13/h3,6,11,13H,4-5,7-10H2,1-2H3. The molecule has 3 heterocycles. The summed E-state index contributed by atoms with van der Waals surface area (Å²) < 4.78 is 7.61. The highest BCUT2D eigenvalue weighted by Crippen LogP contribution is 2.34. The van der Waals surface area contributed by atoms with Crippen LogP contribution < -0.4 is 0 Å². The number of carbonyl (C=O) groups is 1. The van der Waals surface area contributed by atoms with Crippen LogP contribution in [-0.4, -0.2) is 29.3 Å². The van der Waals surface area contributed by atoms with E-state index in [0.29, 0.717) is 18.4 Å². The third-order valence-electron chi connectivity index (χ3n) is 4.04. The molecule has 1 saturated heterocycles. The number of ether oxygens (including phenoxy) is 1. The van der Waals surface area contributed by atoms with E-state index in [2.05, 4.69) is 18.4 Å². The van der Waals surface area contributed by atoms with Gasteiger partial charge in [0.25, 0.3) is 0 Å². The third-order valence-corrected chi connectivity index (χ3v) is 4.04. The lowest BCUT2D eigenvalue weighted by atomic mass is 9.97. The number of aliphatic imine (C=N–C) groups is 1. The Labute approximate surface area is 119 Å². The lowest BCUT2D eigenvalue weighted by Crippen LogP contribution is -2.20. The monoisotopic (exact) mass is 274 g/mol. The second-order valence-corrected chi connectivity index (χ2v) is 6.18. The van der Waals surface area contributed by atoms with Crippen LogP contribution in [0.2, 0.25) is 0 Å². The van der Waals surface area contributed by atoms with E-state index in [1.807, 2.05) is 12.3 Å². The highest BCUT2D eigenvalue weighted by molar-refractivity contribution is 6.15. The van der Waals surface area contributed by atoms with Gasteiger partial charge in [0.15, 0.2) is 5.78 Å². The first kappa shape index (κ1) is 13.6. The van der Waals surface area contributed by atoms with Crippen molar-refractivity contribution in [3.8, 4) is 0 Å². The van der Waals surface area contributed by atoms with E-state index in [4.69, 9.17) is 9.73 Å². The zero-order valence-electron chi connectivity index (χ0n) is 12.3. The second-order valence-electron chi connectivity index (χ2n) is 6.18. The fourth-order valence-electron chi connectivity index (χ4n) is 3.09. The first-order chi connectivity index (χ1) is 9.65. The summed E-state index contributed by atoms with van der Waals surface area (Å²) >= 11 is 0. The molecule has 3 rings (SSSR count). The van der Waals surface area contributed by atoms with E-state index in [0.717, 1.165) is 49.6 Å². The molecule has 1 fully saturated rings. The van der Waals surface area contributed by atoms with Crippen LogP contribution in [-0.2, 0) is 4.74 Å². The minimum atomic E-state index is 0.219. The van der Waals surface area contributed by atoms with E-state index in [9.17, 15) is 4.79 Å². The van der Waals surface area contributed by atoms with Crippen LogP contribution in [0.5, 0.6) is 0 Å². The van der Waals surface area contributed by atoms with Crippen molar-refractivity contribution in [2.45, 2.75) is 45.6 Å². The molecule has 2 aliphatic rings. The van der Waals surface area contributed by atoms with Gasteiger partial charge in [-0.2, -0.15) is 0 Å². The van der Waals surface area contributed by atoms with Crippen molar-refractivity contribution in [1.29, 1.82) is 0 Å². The maximum Gasteiger partial charge on any atom is 0.172 e. The van der Waals surface area contributed by atoms with Gasteiger partial charge in [0.2, 0.25) is 0 Å². The summed E-state index contributed by atoms with van der Waals surface area (Å²) in [7, 11) is 0. The average Bonchev–Trinajstić information content (AvgIpc) is 2.83. The van der Waals surface area contributed by atoms with Crippen molar-refractivity contribution in [3.05, 3.63) is 17.8 Å². The highest BCUT2D eigenvalue weighted by Gasteiger charge is 2.26. The van der Waals surface area contributed by atoms with Gasteiger partial charge < -0.3 is 9.30 Å². The Morgan fingerprint density at radius 3 is 2.85 bits per heavy atom. The number of hydrogen-bond acceptors (Lipinski definition) is 3. The summed E-state index contributed by atoms with van der Waals surface area (Å²) in [6, 6.07) is 2.35. The van der Waals surface area contributed by atoms with Gasteiger partial charge >= 0.3 is 0 Å².